The molecule has 2 saturated heterocycles. The van der Waals surface area contributed by atoms with Gasteiger partial charge < -0.3 is 10.0 Å². The van der Waals surface area contributed by atoms with Crippen LogP contribution in [0.1, 0.15) is 37.1 Å². The molecule has 3 aliphatic rings. The first-order valence-corrected chi connectivity index (χ1v) is 10.3. The summed E-state index contributed by atoms with van der Waals surface area (Å²) in [6.07, 6.45) is 0.859. The van der Waals surface area contributed by atoms with Crippen LogP contribution < -0.4 is 0 Å². The summed E-state index contributed by atoms with van der Waals surface area (Å²) in [5, 5.41) is 10.3. The number of alkyl halides is 4. The van der Waals surface area contributed by atoms with E-state index in [9.17, 15) is 22.4 Å². The maximum absolute atomic E-state index is 13.9. The van der Waals surface area contributed by atoms with Crippen LogP contribution in [0, 0.1) is 5.41 Å². The summed E-state index contributed by atoms with van der Waals surface area (Å²) in [5.41, 5.74) is -1.17. The third kappa shape index (κ3) is 5.44. The lowest BCUT2D eigenvalue weighted by molar-refractivity contribution is -0.192. The SMILES string of the molecule is O=C(N1CCC2(CCN(Cc3nccs3)C2)CC1)C1(F)CC1.O=C(O)C(F)(F)F. The first kappa shape index (κ1) is 21.9. The number of nitrogens with zero attached hydrogens (tertiary/aromatic N) is 3. The lowest BCUT2D eigenvalue weighted by Crippen LogP contribution is -2.47. The van der Waals surface area contributed by atoms with Crippen LogP contribution in [0.5, 0.6) is 0 Å². The predicted molar refractivity (Wildman–Crippen MR) is 97.0 cm³/mol. The molecule has 0 radical (unpaired) electrons. The molecule has 2 aliphatic heterocycles. The summed E-state index contributed by atoms with van der Waals surface area (Å²) in [6, 6.07) is 0. The van der Waals surface area contributed by atoms with Crippen molar-refractivity contribution in [2.75, 3.05) is 26.2 Å². The number of rotatable bonds is 3. The first-order chi connectivity index (χ1) is 13.5. The first-order valence-electron chi connectivity index (χ1n) is 9.42. The van der Waals surface area contributed by atoms with Gasteiger partial charge in [-0.2, -0.15) is 13.2 Å². The summed E-state index contributed by atoms with van der Waals surface area (Å²) in [7, 11) is 0. The van der Waals surface area contributed by atoms with E-state index in [1.807, 2.05) is 11.6 Å². The summed E-state index contributed by atoms with van der Waals surface area (Å²) in [6.45, 7) is 4.61. The van der Waals surface area contributed by atoms with E-state index in [4.69, 9.17) is 9.90 Å². The number of hydrogen-bond acceptors (Lipinski definition) is 5. The van der Waals surface area contributed by atoms with Gasteiger partial charge in [0.05, 0.1) is 6.54 Å². The highest BCUT2D eigenvalue weighted by atomic mass is 32.1. The molecular formula is C18H23F4N3O3S. The minimum absolute atomic E-state index is 0.250. The Bertz CT molecular complexity index is 729. The summed E-state index contributed by atoms with van der Waals surface area (Å²) in [5.74, 6) is -3.01. The number of likely N-dealkylation sites (tertiary alicyclic amines) is 2. The van der Waals surface area contributed by atoms with Gasteiger partial charge >= 0.3 is 12.1 Å². The zero-order chi connectivity index (χ0) is 21.3. The Labute approximate surface area is 169 Å². The Hall–Kier alpha value is -1.75. The fourth-order valence-corrected chi connectivity index (χ4v) is 4.54. The van der Waals surface area contributed by atoms with E-state index in [0.29, 0.717) is 18.3 Å². The second kappa shape index (κ2) is 8.17. The van der Waals surface area contributed by atoms with Crippen molar-refractivity contribution >= 4 is 23.2 Å². The van der Waals surface area contributed by atoms with Crippen LogP contribution in [0.3, 0.4) is 0 Å². The monoisotopic (exact) mass is 437 g/mol. The van der Waals surface area contributed by atoms with Crippen LogP contribution in [0.4, 0.5) is 17.6 Å². The maximum atomic E-state index is 13.9. The van der Waals surface area contributed by atoms with E-state index in [2.05, 4.69) is 9.88 Å². The molecule has 3 fully saturated rings. The Morgan fingerprint density at radius 2 is 1.72 bits per heavy atom. The molecule has 1 saturated carbocycles. The molecule has 0 unspecified atom stereocenters. The van der Waals surface area contributed by atoms with Gasteiger partial charge in [-0.05, 0) is 44.1 Å². The van der Waals surface area contributed by atoms with Crippen LogP contribution in [-0.4, -0.2) is 69.8 Å². The standard InChI is InChI=1S/C16H22FN3OS.C2HF3O2/c17-16(1-2-16)14(21)20-8-4-15(5-9-20)3-7-19(12-15)11-13-18-6-10-22-13;3-2(4,5)1(6)7/h6,10H,1-5,7-9,11-12H2;(H,6,7). The van der Waals surface area contributed by atoms with Gasteiger partial charge in [0.1, 0.15) is 5.01 Å². The number of carboxylic acids is 1. The molecule has 0 atom stereocenters. The summed E-state index contributed by atoms with van der Waals surface area (Å²) >= 11 is 1.71. The second-order valence-electron chi connectivity index (χ2n) is 7.95. The average molecular weight is 437 g/mol. The molecule has 4 rings (SSSR count). The quantitative estimate of drug-likeness (QED) is 0.736. The molecule has 3 heterocycles. The molecule has 0 bridgehead atoms. The fraction of sp³-hybridized carbons (Fsp3) is 0.722. The zero-order valence-corrected chi connectivity index (χ0v) is 16.6. The van der Waals surface area contributed by atoms with Crippen molar-refractivity contribution in [2.24, 2.45) is 5.41 Å². The number of carbonyl (C=O) groups excluding carboxylic acids is 1. The van der Waals surface area contributed by atoms with Crippen LogP contribution >= 0.6 is 11.3 Å². The molecule has 1 aromatic heterocycles. The minimum Gasteiger partial charge on any atom is -0.475 e. The van der Waals surface area contributed by atoms with E-state index in [1.165, 1.54) is 11.4 Å². The van der Waals surface area contributed by atoms with Gasteiger partial charge in [-0.25, -0.2) is 14.2 Å². The maximum Gasteiger partial charge on any atom is 0.490 e. The van der Waals surface area contributed by atoms with Gasteiger partial charge in [0, 0.05) is 31.2 Å². The molecule has 1 N–H and O–H groups in total. The highest BCUT2D eigenvalue weighted by Gasteiger charge is 2.54. The lowest BCUT2D eigenvalue weighted by atomic mass is 9.77. The number of carbonyl (C=O) groups is 2. The van der Waals surface area contributed by atoms with Crippen LogP contribution in [0.15, 0.2) is 11.6 Å². The summed E-state index contributed by atoms with van der Waals surface area (Å²) < 4.78 is 45.7. The van der Waals surface area contributed by atoms with E-state index in [0.717, 1.165) is 45.6 Å². The predicted octanol–water partition coefficient (Wildman–Crippen LogP) is 3.09. The summed E-state index contributed by atoms with van der Waals surface area (Å²) in [4.78, 5) is 29.6. The number of carboxylic acid groups (broad SMARTS) is 1. The van der Waals surface area contributed by atoms with Crippen molar-refractivity contribution < 1.29 is 32.3 Å². The Morgan fingerprint density at radius 3 is 2.21 bits per heavy atom. The molecule has 6 nitrogen and oxygen atoms in total. The Kier molecular flexibility index (Phi) is 6.19. The van der Waals surface area contributed by atoms with E-state index in [1.54, 1.807) is 16.2 Å². The van der Waals surface area contributed by atoms with E-state index in [-0.39, 0.29) is 5.91 Å². The Morgan fingerprint density at radius 1 is 1.14 bits per heavy atom. The number of aromatic nitrogens is 1. The molecule has 1 aliphatic carbocycles. The van der Waals surface area contributed by atoms with Crippen molar-refractivity contribution in [2.45, 2.75) is 50.5 Å². The zero-order valence-electron chi connectivity index (χ0n) is 15.8. The number of halogens is 4. The van der Waals surface area contributed by atoms with E-state index >= 15 is 0 Å². The van der Waals surface area contributed by atoms with Crippen molar-refractivity contribution in [1.82, 2.24) is 14.8 Å². The van der Waals surface area contributed by atoms with Crippen molar-refractivity contribution in [3.63, 3.8) is 0 Å². The highest BCUT2D eigenvalue weighted by Crippen LogP contribution is 2.45. The molecule has 0 aromatic carbocycles. The third-order valence-electron chi connectivity index (χ3n) is 5.79. The topological polar surface area (TPSA) is 73.7 Å². The fourth-order valence-electron chi connectivity index (χ4n) is 3.88. The Balaban J connectivity index is 0.000000298. The van der Waals surface area contributed by atoms with Crippen LogP contribution in [0.2, 0.25) is 0 Å². The number of hydrogen-bond donors (Lipinski definition) is 1. The van der Waals surface area contributed by atoms with Crippen molar-refractivity contribution in [1.29, 1.82) is 0 Å². The third-order valence-corrected chi connectivity index (χ3v) is 6.55. The van der Waals surface area contributed by atoms with Gasteiger partial charge in [0.15, 0.2) is 5.67 Å². The number of amides is 1. The number of aliphatic carboxylic acids is 1. The van der Waals surface area contributed by atoms with Crippen LogP contribution in [0.25, 0.3) is 0 Å². The molecule has 29 heavy (non-hydrogen) atoms. The molecule has 162 valence electrons. The van der Waals surface area contributed by atoms with Crippen LogP contribution in [-0.2, 0) is 16.1 Å². The van der Waals surface area contributed by atoms with Gasteiger partial charge in [0.2, 0.25) is 0 Å². The van der Waals surface area contributed by atoms with Gasteiger partial charge in [-0.15, -0.1) is 11.3 Å². The van der Waals surface area contributed by atoms with E-state index < -0.39 is 17.8 Å². The molecule has 11 heteroatoms. The van der Waals surface area contributed by atoms with Gasteiger partial charge in [-0.3, -0.25) is 9.69 Å². The van der Waals surface area contributed by atoms with Crippen molar-refractivity contribution in [3.05, 3.63) is 16.6 Å². The lowest BCUT2D eigenvalue weighted by Gasteiger charge is -2.39. The minimum atomic E-state index is -5.08. The normalized spacial score (nSPS) is 22.8. The highest BCUT2D eigenvalue weighted by molar-refractivity contribution is 7.09. The smallest absolute Gasteiger partial charge is 0.475 e. The number of piperidine rings is 1. The average Bonchev–Trinajstić information content (AvgIpc) is 3.05. The molecule has 1 aromatic rings. The molecule has 1 amide bonds. The molecule has 1 spiro atoms. The van der Waals surface area contributed by atoms with Gasteiger partial charge in [0.25, 0.3) is 5.91 Å². The molecular weight excluding hydrogens is 414 g/mol. The van der Waals surface area contributed by atoms with Crippen molar-refractivity contribution in [3.8, 4) is 0 Å². The number of thiazole rings is 1. The second-order valence-corrected chi connectivity index (χ2v) is 8.93. The van der Waals surface area contributed by atoms with Gasteiger partial charge in [-0.1, -0.05) is 0 Å². The largest absolute Gasteiger partial charge is 0.490 e.